The van der Waals surface area contributed by atoms with E-state index in [4.69, 9.17) is 5.26 Å². The Balaban J connectivity index is 1.99. The van der Waals surface area contributed by atoms with Crippen molar-refractivity contribution in [1.82, 2.24) is 4.57 Å². The second kappa shape index (κ2) is 8.03. The van der Waals surface area contributed by atoms with Crippen molar-refractivity contribution in [3.05, 3.63) is 71.4 Å². The maximum atomic E-state index is 8.97. The van der Waals surface area contributed by atoms with Crippen LogP contribution in [-0.2, 0) is 6.54 Å². The summed E-state index contributed by atoms with van der Waals surface area (Å²) >= 11 is 0. The summed E-state index contributed by atoms with van der Waals surface area (Å²) in [4.78, 5) is 0. The van der Waals surface area contributed by atoms with Crippen molar-refractivity contribution < 1.29 is 0 Å². The Kier molecular flexibility index (Phi) is 5.56. The van der Waals surface area contributed by atoms with Gasteiger partial charge in [0.25, 0.3) is 0 Å². The van der Waals surface area contributed by atoms with Gasteiger partial charge in [-0.1, -0.05) is 57.0 Å². The minimum Gasteiger partial charge on any atom is -0.343 e. The molecule has 0 amide bonds. The molecule has 1 aromatic heterocycles. The molecule has 0 N–H and O–H groups in total. The summed E-state index contributed by atoms with van der Waals surface area (Å²) < 4.78 is 2.37. The molecule has 0 radical (unpaired) electrons. The highest BCUT2D eigenvalue weighted by Crippen LogP contribution is 2.34. The molecule has 2 aromatic carbocycles. The van der Waals surface area contributed by atoms with Gasteiger partial charge in [-0.2, -0.15) is 5.26 Å². The fourth-order valence-electron chi connectivity index (χ4n) is 3.76. The van der Waals surface area contributed by atoms with Crippen LogP contribution < -0.4 is 0 Å². The van der Waals surface area contributed by atoms with E-state index in [1.54, 1.807) is 0 Å². The van der Waals surface area contributed by atoms with E-state index < -0.39 is 0 Å². The first-order valence-corrected chi connectivity index (χ1v) is 9.33. The largest absolute Gasteiger partial charge is 0.343 e. The van der Waals surface area contributed by atoms with Crippen molar-refractivity contribution in [2.24, 2.45) is 0 Å². The molecule has 0 unspecified atom stereocenters. The summed E-state index contributed by atoms with van der Waals surface area (Å²) in [7, 11) is 0. The van der Waals surface area contributed by atoms with Gasteiger partial charge in [-0.3, -0.25) is 0 Å². The van der Waals surface area contributed by atoms with Gasteiger partial charge in [-0.15, -0.1) is 0 Å². The van der Waals surface area contributed by atoms with E-state index in [1.165, 1.54) is 47.7 Å². The maximum absolute atomic E-state index is 8.97. The van der Waals surface area contributed by atoms with Crippen LogP contribution in [0.3, 0.4) is 0 Å². The van der Waals surface area contributed by atoms with E-state index in [1.807, 2.05) is 12.1 Å². The number of aromatic nitrogens is 1. The zero-order valence-electron chi connectivity index (χ0n) is 15.2. The van der Waals surface area contributed by atoms with Gasteiger partial charge in [0.05, 0.1) is 11.6 Å². The molecule has 2 nitrogen and oxygen atoms in total. The summed E-state index contributed by atoms with van der Waals surface area (Å²) in [5, 5.41) is 10.4. The van der Waals surface area contributed by atoms with Crippen LogP contribution in [-0.4, -0.2) is 4.57 Å². The molecule has 0 aliphatic carbocycles. The number of benzene rings is 2. The molecule has 0 saturated carbocycles. The first-order valence-electron chi connectivity index (χ1n) is 9.33. The molecule has 0 aliphatic heterocycles. The zero-order chi connectivity index (χ0) is 17.6. The van der Waals surface area contributed by atoms with Crippen LogP contribution in [0.15, 0.2) is 54.7 Å². The van der Waals surface area contributed by atoms with Crippen LogP contribution in [0.2, 0.25) is 0 Å². The minimum absolute atomic E-state index is 0.641. The zero-order valence-corrected chi connectivity index (χ0v) is 15.2. The Bertz CT molecular complexity index is 859. The summed E-state index contributed by atoms with van der Waals surface area (Å²) in [6.07, 6.45) is 7.30. The van der Waals surface area contributed by atoms with Gasteiger partial charge in [-0.05, 0) is 48.1 Å². The molecule has 0 fully saturated rings. The van der Waals surface area contributed by atoms with Crippen LogP contribution in [0.4, 0.5) is 0 Å². The normalized spacial score (nSPS) is 11.1. The molecule has 25 heavy (non-hydrogen) atoms. The predicted molar refractivity (Wildman–Crippen MR) is 105 cm³/mol. The molecule has 3 aromatic rings. The number of nitrogens with zero attached hydrogens (tertiary/aromatic N) is 2. The number of hydrogen-bond acceptors (Lipinski definition) is 1. The molecule has 2 heteroatoms. The Morgan fingerprint density at radius 2 is 1.64 bits per heavy atom. The van der Waals surface area contributed by atoms with Gasteiger partial charge in [0.2, 0.25) is 0 Å². The van der Waals surface area contributed by atoms with Gasteiger partial charge >= 0.3 is 0 Å². The Labute approximate surface area is 150 Å². The summed E-state index contributed by atoms with van der Waals surface area (Å²) in [6.45, 7) is 5.40. The fraction of sp³-hybridized carbons (Fsp3) is 0.348. The van der Waals surface area contributed by atoms with E-state index >= 15 is 0 Å². The molecule has 0 bridgehead atoms. The number of fused-ring (bicyclic) bond motifs is 1. The number of nitriles is 1. The van der Waals surface area contributed by atoms with E-state index in [9.17, 15) is 0 Å². The van der Waals surface area contributed by atoms with Crippen LogP contribution in [0.1, 0.15) is 62.1 Å². The first-order chi connectivity index (χ1) is 12.3. The lowest BCUT2D eigenvalue weighted by Gasteiger charge is -2.14. The average molecular weight is 330 g/mol. The van der Waals surface area contributed by atoms with E-state index in [0.717, 1.165) is 6.54 Å². The third-order valence-corrected chi connectivity index (χ3v) is 4.97. The molecule has 1 heterocycles. The highest BCUT2D eigenvalue weighted by molar-refractivity contribution is 5.84. The smallest absolute Gasteiger partial charge is 0.0991 e. The first kappa shape index (κ1) is 17.3. The monoisotopic (exact) mass is 330 g/mol. The molecule has 3 rings (SSSR count). The second-order valence-corrected chi connectivity index (χ2v) is 6.81. The molecule has 0 atom stereocenters. The number of rotatable bonds is 7. The number of para-hydroxylation sites is 1. The highest BCUT2D eigenvalue weighted by Gasteiger charge is 2.16. The van der Waals surface area contributed by atoms with E-state index in [2.05, 4.69) is 67.1 Å². The lowest BCUT2D eigenvalue weighted by atomic mass is 9.90. The van der Waals surface area contributed by atoms with Crippen LogP contribution in [0.5, 0.6) is 0 Å². The van der Waals surface area contributed by atoms with Gasteiger partial charge in [-0.25, -0.2) is 0 Å². The highest BCUT2D eigenvalue weighted by atomic mass is 15.0. The van der Waals surface area contributed by atoms with Gasteiger partial charge in [0.15, 0.2) is 0 Å². The van der Waals surface area contributed by atoms with Crippen molar-refractivity contribution in [3.63, 3.8) is 0 Å². The lowest BCUT2D eigenvalue weighted by Crippen LogP contribution is -1.99. The van der Waals surface area contributed by atoms with Crippen molar-refractivity contribution in [2.45, 2.75) is 52.0 Å². The Morgan fingerprint density at radius 3 is 2.28 bits per heavy atom. The Morgan fingerprint density at radius 1 is 0.960 bits per heavy atom. The van der Waals surface area contributed by atoms with Crippen LogP contribution >= 0.6 is 0 Å². The molecule has 0 saturated heterocycles. The van der Waals surface area contributed by atoms with Crippen molar-refractivity contribution in [1.29, 1.82) is 5.26 Å². The summed E-state index contributed by atoms with van der Waals surface area (Å²) in [5.74, 6) is 0.641. The average Bonchev–Trinajstić information content (AvgIpc) is 3.01. The van der Waals surface area contributed by atoms with Crippen molar-refractivity contribution in [3.8, 4) is 6.07 Å². The Hall–Kier alpha value is -2.53. The lowest BCUT2D eigenvalue weighted by molar-refractivity contribution is 0.562. The van der Waals surface area contributed by atoms with Gasteiger partial charge < -0.3 is 4.57 Å². The maximum Gasteiger partial charge on any atom is 0.0991 e. The van der Waals surface area contributed by atoms with Crippen LogP contribution in [0.25, 0.3) is 10.9 Å². The van der Waals surface area contributed by atoms with E-state index in [-0.39, 0.29) is 0 Å². The predicted octanol–water partition coefficient (Wildman–Crippen LogP) is 6.25. The molecular formula is C23H26N2. The third kappa shape index (κ3) is 3.77. The summed E-state index contributed by atoms with van der Waals surface area (Å²) in [5.41, 5.74) is 4.74. The topological polar surface area (TPSA) is 28.7 Å². The van der Waals surface area contributed by atoms with E-state index in [0.29, 0.717) is 11.5 Å². The van der Waals surface area contributed by atoms with Gasteiger partial charge in [0, 0.05) is 23.6 Å². The molecule has 128 valence electrons. The third-order valence-electron chi connectivity index (χ3n) is 4.97. The molecule has 0 aliphatic rings. The molecule has 0 spiro atoms. The van der Waals surface area contributed by atoms with Crippen molar-refractivity contribution >= 4 is 10.9 Å². The SMILES string of the molecule is CCCC(CCC)c1cn(Cc2ccc(C#N)cc2)c2ccccc12. The summed E-state index contributed by atoms with van der Waals surface area (Å²) in [6, 6.07) is 18.9. The quantitative estimate of drug-likeness (QED) is 0.503. The second-order valence-electron chi connectivity index (χ2n) is 6.81. The fourth-order valence-corrected chi connectivity index (χ4v) is 3.76. The standard InChI is InChI=1S/C23H26N2/c1-3-7-20(8-4-2)22-17-25(23-10-6-5-9-21(22)23)16-19-13-11-18(15-24)12-14-19/h5-6,9-14,17,20H,3-4,7-8,16H2,1-2H3. The minimum atomic E-state index is 0.641. The molecular weight excluding hydrogens is 304 g/mol. The van der Waals surface area contributed by atoms with Gasteiger partial charge in [0.1, 0.15) is 0 Å². The van der Waals surface area contributed by atoms with Crippen molar-refractivity contribution in [2.75, 3.05) is 0 Å². The number of hydrogen-bond donors (Lipinski definition) is 0. The van der Waals surface area contributed by atoms with Crippen LogP contribution in [0, 0.1) is 11.3 Å².